The molecule has 1 aromatic heterocycles. The summed E-state index contributed by atoms with van der Waals surface area (Å²) in [5.41, 5.74) is -0.179. The number of aliphatic hydroxyl groups is 2. The van der Waals surface area contributed by atoms with Crippen molar-refractivity contribution in [2.75, 3.05) is 12.4 Å². The maximum atomic E-state index is 10.3. The van der Waals surface area contributed by atoms with Crippen LogP contribution in [0.25, 0.3) is 0 Å². The van der Waals surface area contributed by atoms with Gasteiger partial charge in [-0.05, 0) is 0 Å². The molecule has 8 heteroatoms. The quantitative estimate of drug-likeness (QED) is 0.313. The molecule has 0 bridgehead atoms. The summed E-state index contributed by atoms with van der Waals surface area (Å²) in [5, 5.41) is 28.2. The number of nitrogens with zero attached hydrogens (tertiary/aromatic N) is 3. The lowest BCUT2D eigenvalue weighted by atomic mass is 10.4. The minimum atomic E-state index is -0.839. The molecule has 0 amide bonds. The van der Waals surface area contributed by atoms with Crippen LogP contribution < -0.4 is 0 Å². The average Bonchev–Trinajstić information content (AvgIpc) is 2.26. The summed E-state index contributed by atoms with van der Waals surface area (Å²) >= 11 is 1.12. The van der Waals surface area contributed by atoms with Crippen LogP contribution in [0.5, 0.6) is 0 Å². The maximum Gasteiger partial charge on any atom is 0.305 e. The van der Waals surface area contributed by atoms with Crippen molar-refractivity contribution in [1.82, 2.24) is 9.97 Å². The first kappa shape index (κ1) is 11.8. The minimum absolute atomic E-state index is 0.179. The van der Waals surface area contributed by atoms with Crippen molar-refractivity contribution in [3.63, 3.8) is 0 Å². The Morgan fingerprint density at radius 2 is 2.13 bits per heavy atom. The molecule has 15 heavy (non-hydrogen) atoms. The predicted molar refractivity (Wildman–Crippen MR) is 52.5 cm³/mol. The van der Waals surface area contributed by atoms with E-state index in [-0.39, 0.29) is 18.0 Å². The van der Waals surface area contributed by atoms with Gasteiger partial charge in [-0.3, -0.25) is 10.1 Å². The van der Waals surface area contributed by atoms with Gasteiger partial charge in [0.15, 0.2) is 5.16 Å². The molecule has 0 fully saturated rings. The minimum Gasteiger partial charge on any atom is -0.394 e. The second-order valence-electron chi connectivity index (χ2n) is 2.63. The first-order chi connectivity index (χ1) is 7.13. The van der Waals surface area contributed by atoms with Crippen LogP contribution in [0, 0.1) is 10.1 Å². The molecule has 0 aromatic carbocycles. The van der Waals surface area contributed by atoms with Crippen molar-refractivity contribution in [2.24, 2.45) is 0 Å². The zero-order valence-electron chi connectivity index (χ0n) is 7.61. The smallest absolute Gasteiger partial charge is 0.305 e. The van der Waals surface area contributed by atoms with Crippen molar-refractivity contribution < 1.29 is 15.1 Å². The van der Waals surface area contributed by atoms with Gasteiger partial charge in [0, 0.05) is 5.75 Å². The number of nitro groups is 1. The first-order valence-corrected chi connectivity index (χ1v) is 5.00. The van der Waals surface area contributed by atoms with Crippen molar-refractivity contribution in [3.8, 4) is 0 Å². The molecular formula is C7H9N3O4S. The van der Waals surface area contributed by atoms with Crippen molar-refractivity contribution in [3.05, 3.63) is 22.5 Å². The second-order valence-corrected chi connectivity index (χ2v) is 3.62. The van der Waals surface area contributed by atoms with Gasteiger partial charge >= 0.3 is 5.69 Å². The Balaban J connectivity index is 2.53. The van der Waals surface area contributed by atoms with Crippen LogP contribution in [-0.4, -0.2) is 43.6 Å². The maximum absolute atomic E-state index is 10.3. The van der Waals surface area contributed by atoms with Gasteiger partial charge in [0.25, 0.3) is 0 Å². The van der Waals surface area contributed by atoms with Gasteiger partial charge < -0.3 is 10.2 Å². The van der Waals surface area contributed by atoms with E-state index in [0.717, 1.165) is 24.2 Å². The standard InChI is InChI=1S/C7H9N3O4S/c11-3-6(12)4-15-7-8-1-5(2-9-7)10(13)14/h1-2,6,11-12H,3-4H2. The van der Waals surface area contributed by atoms with Crippen LogP contribution in [0.1, 0.15) is 0 Å². The summed E-state index contributed by atoms with van der Waals surface area (Å²) < 4.78 is 0. The van der Waals surface area contributed by atoms with E-state index in [0.29, 0.717) is 5.16 Å². The third kappa shape index (κ3) is 3.78. The van der Waals surface area contributed by atoms with E-state index in [1.165, 1.54) is 0 Å². The van der Waals surface area contributed by atoms with E-state index < -0.39 is 11.0 Å². The number of rotatable bonds is 5. The fourth-order valence-corrected chi connectivity index (χ4v) is 1.40. The lowest BCUT2D eigenvalue weighted by Gasteiger charge is -2.04. The first-order valence-electron chi connectivity index (χ1n) is 4.01. The second kappa shape index (κ2) is 5.59. The van der Waals surface area contributed by atoms with Crippen LogP contribution in [0.4, 0.5) is 5.69 Å². The molecular weight excluding hydrogens is 222 g/mol. The van der Waals surface area contributed by atoms with Gasteiger partial charge in [-0.1, -0.05) is 11.8 Å². The number of hydrogen-bond acceptors (Lipinski definition) is 7. The summed E-state index contributed by atoms with van der Waals surface area (Å²) in [6, 6.07) is 0. The van der Waals surface area contributed by atoms with Crippen LogP contribution in [0.3, 0.4) is 0 Å². The van der Waals surface area contributed by atoms with E-state index in [4.69, 9.17) is 10.2 Å². The topological polar surface area (TPSA) is 109 Å². The molecule has 0 saturated heterocycles. The lowest BCUT2D eigenvalue weighted by molar-refractivity contribution is -0.385. The Morgan fingerprint density at radius 1 is 1.53 bits per heavy atom. The third-order valence-electron chi connectivity index (χ3n) is 1.44. The molecule has 0 aliphatic rings. The van der Waals surface area contributed by atoms with E-state index in [9.17, 15) is 10.1 Å². The summed E-state index contributed by atoms with van der Waals surface area (Å²) in [4.78, 5) is 17.1. The number of aliphatic hydroxyl groups excluding tert-OH is 2. The molecule has 82 valence electrons. The molecule has 0 radical (unpaired) electrons. The largest absolute Gasteiger partial charge is 0.394 e. The third-order valence-corrected chi connectivity index (χ3v) is 2.46. The molecule has 2 N–H and O–H groups in total. The van der Waals surface area contributed by atoms with Crippen molar-refractivity contribution >= 4 is 17.4 Å². The molecule has 7 nitrogen and oxygen atoms in total. The molecule has 0 spiro atoms. The molecule has 0 saturated carbocycles. The van der Waals surface area contributed by atoms with E-state index in [1.807, 2.05) is 0 Å². The Morgan fingerprint density at radius 3 is 2.60 bits per heavy atom. The van der Waals surface area contributed by atoms with Gasteiger partial charge in [0.2, 0.25) is 0 Å². The van der Waals surface area contributed by atoms with Crippen LogP contribution in [-0.2, 0) is 0 Å². The Labute approximate surface area is 89.3 Å². The van der Waals surface area contributed by atoms with Crippen LogP contribution in [0.2, 0.25) is 0 Å². The number of thioether (sulfide) groups is 1. The summed E-state index contributed by atoms with van der Waals surface area (Å²) in [6.07, 6.45) is 1.36. The number of aromatic nitrogens is 2. The molecule has 1 heterocycles. The summed E-state index contributed by atoms with van der Waals surface area (Å²) in [7, 11) is 0. The molecule has 1 aromatic rings. The predicted octanol–water partition coefficient (Wildman–Crippen LogP) is -0.170. The molecule has 0 aliphatic heterocycles. The van der Waals surface area contributed by atoms with Crippen LogP contribution >= 0.6 is 11.8 Å². The number of hydrogen-bond donors (Lipinski definition) is 2. The highest BCUT2D eigenvalue weighted by Crippen LogP contribution is 2.15. The monoisotopic (exact) mass is 231 g/mol. The zero-order valence-corrected chi connectivity index (χ0v) is 8.42. The molecule has 1 atom stereocenters. The summed E-state index contributed by atoms with van der Waals surface area (Å²) in [6.45, 7) is -0.333. The Kier molecular flexibility index (Phi) is 4.40. The zero-order chi connectivity index (χ0) is 11.3. The average molecular weight is 231 g/mol. The highest BCUT2D eigenvalue weighted by Gasteiger charge is 2.08. The Bertz CT molecular complexity index is 332. The SMILES string of the molecule is O=[N+]([O-])c1cnc(SCC(O)CO)nc1. The van der Waals surface area contributed by atoms with E-state index in [1.54, 1.807) is 0 Å². The normalized spacial score (nSPS) is 12.4. The Hall–Kier alpha value is -1.25. The van der Waals surface area contributed by atoms with Crippen molar-refractivity contribution in [1.29, 1.82) is 0 Å². The van der Waals surface area contributed by atoms with Gasteiger partial charge in [0.1, 0.15) is 12.4 Å². The fourth-order valence-electron chi connectivity index (χ4n) is 0.702. The van der Waals surface area contributed by atoms with Gasteiger partial charge in [-0.25, -0.2) is 9.97 Å². The molecule has 1 unspecified atom stereocenters. The highest BCUT2D eigenvalue weighted by atomic mass is 32.2. The van der Waals surface area contributed by atoms with Gasteiger partial charge in [0.05, 0.1) is 17.6 Å². The van der Waals surface area contributed by atoms with Crippen molar-refractivity contribution in [2.45, 2.75) is 11.3 Å². The lowest BCUT2D eigenvalue weighted by Crippen LogP contribution is -2.14. The summed E-state index contributed by atoms with van der Waals surface area (Å²) in [5.74, 6) is 0.244. The van der Waals surface area contributed by atoms with Crippen LogP contribution in [0.15, 0.2) is 17.6 Å². The van der Waals surface area contributed by atoms with E-state index >= 15 is 0 Å². The van der Waals surface area contributed by atoms with Gasteiger partial charge in [-0.2, -0.15) is 0 Å². The highest BCUT2D eigenvalue weighted by molar-refractivity contribution is 7.99. The molecule has 1 rings (SSSR count). The van der Waals surface area contributed by atoms with Gasteiger partial charge in [-0.15, -0.1) is 0 Å². The fraction of sp³-hybridized carbons (Fsp3) is 0.429. The molecule has 0 aliphatic carbocycles. The van der Waals surface area contributed by atoms with E-state index in [2.05, 4.69) is 9.97 Å².